The van der Waals surface area contributed by atoms with E-state index in [2.05, 4.69) is 4.98 Å². The Bertz CT molecular complexity index is 1520. The third kappa shape index (κ3) is 7.58. The summed E-state index contributed by atoms with van der Waals surface area (Å²) in [4.78, 5) is 38.1. The van der Waals surface area contributed by atoms with E-state index in [0.29, 0.717) is 28.6 Å². The van der Waals surface area contributed by atoms with Crippen molar-refractivity contribution in [3.05, 3.63) is 87.2 Å². The van der Waals surface area contributed by atoms with Crippen molar-refractivity contribution in [2.75, 3.05) is 14.2 Å². The minimum atomic E-state index is -4.55. The largest absolute Gasteiger partial charge is 0.505 e. The van der Waals surface area contributed by atoms with E-state index in [1.54, 1.807) is 30.2 Å². The maximum absolute atomic E-state index is 13.1. The van der Waals surface area contributed by atoms with E-state index in [1.165, 1.54) is 38.4 Å². The van der Waals surface area contributed by atoms with Gasteiger partial charge in [-0.2, -0.15) is 13.2 Å². The number of benzene rings is 2. The van der Waals surface area contributed by atoms with Gasteiger partial charge in [0.05, 0.1) is 23.6 Å². The number of alkyl halides is 3. The summed E-state index contributed by atoms with van der Waals surface area (Å²) in [5.74, 6) is -0.126. The number of halogens is 3. The van der Waals surface area contributed by atoms with Crippen LogP contribution in [0.1, 0.15) is 52.7 Å². The summed E-state index contributed by atoms with van der Waals surface area (Å²) in [5.41, 5.74) is 0.0525. The first-order chi connectivity index (χ1) is 19.2. The molecule has 0 saturated heterocycles. The van der Waals surface area contributed by atoms with Crippen LogP contribution < -0.4 is 4.74 Å². The fraction of sp³-hybridized carbons (Fsp3) is 0.286. The zero-order valence-electron chi connectivity index (χ0n) is 22.7. The highest BCUT2D eigenvalue weighted by atomic mass is 32.2. The van der Waals surface area contributed by atoms with Gasteiger partial charge in [-0.25, -0.2) is 0 Å². The molecule has 0 fully saturated rings. The lowest BCUT2D eigenvalue weighted by Gasteiger charge is -2.31. The summed E-state index contributed by atoms with van der Waals surface area (Å²) in [7, 11) is -1.47. The first kappa shape index (κ1) is 32.4. The van der Waals surface area contributed by atoms with E-state index in [4.69, 9.17) is 4.74 Å². The molecule has 8 nitrogen and oxygen atoms in total. The fourth-order valence-electron chi connectivity index (χ4n) is 4.18. The number of aromatic nitrogens is 1. The molecule has 3 aromatic rings. The molecule has 3 rings (SSSR count). The number of aldehydes is 1. The highest BCUT2D eigenvalue weighted by Gasteiger charge is 2.32. The van der Waals surface area contributed by atoms with Crippen molar-refractivity contribution in [3.63, 3.8) is 0 Å². The molecule has 13 heteroatoms. The van der Waals surface area contributed by atoms with E-state index < -0.39 is 24.7 Å². The van der Waals surface area contributed by atoms with Gasteiger partial charge in [-0.15, -0.1) is 11.8 Å². The number of carbonyl (C=O) groups excluding carboxylic acids is 1. The number of allylic oxidation sites excluding steroid dienone is 3. The molecule has 0 bridgehead atoms. The SMILES string of the molecule is CC/C=C(\C=C(/C)P(=O)(O)O)SC(c1c(C=O)c(O)c2ncccc2c1OC)N(C)Cc1ccc(C(F)(F)F)cc1. The van der Waals surface area contributed by atoms with Crippen LogP contribution in [0, 0.1) is 0 Å². The van der Waals surface area contributed by atoms with Crippen molar-refractivity contribution in [3.8, 4) is 11.5 Å². The van der Waals surface area contributed by atoms with Crippen LogP contribution in [0.2, 0.25) is 0 Å². The van der Waals surface area contributed by atoms with Crippen LogP contribution in [0.15, 0.2) is 65.0 Å². The second-order valence-corrected chi connectivity index (χ2v) is 12.1. The molecular weight excluding hydrogens is 580 g/mol. The summed E-state index contributed by atoms with van der Waals surface area (Å²) in [6.45, 7) is 3.26. The highest BCUT2D eigenvalue weighted by molar-refractivity contribution is 8.03. The van der Waals surface area contributed by atoms with E-state index >= 15 is 0 Å². The first-order valence-electron chi connectivity index (χ1n) is 12.3. The van der Waals surface area contributed by atoms with E-state index in [-0.39, 0.29) is 40.0 Å². The van der Waals surface area contributed by atoms with Gasteiger partial charge in [-0.05, 0) is 56.3 Å². The normalized spacial score (nSPS) is 14.0. The van der Waals surface area contributed by atoms with Crippen LogP contribution in [-0.2, 0) is 17.3 Å². The number of phenolic OH excluding ortho intramolecular Hbond substituents is 1. The van der Waals surface area contributed by atoms with Gasteiger partial charge in [0.1, 0.15) is 11.3 Å². The number of nitrogens with zero attached hydrogens (tertiary/aromatic N) is 2. The summed E-state index contributed by atoms with van der Waals surface area (Å²) in [6, 6.07) is 7.95. The van der Waals surface area contributed by atoms with Crippen LogP contribution in [0.4, 0.5) is 13.2 Å². The third-order valence-electron chi connectivity index (χ3n) is 6.21. The number of carbonyl (C=O) groups is 1. The average Bonchev–Trinajstić information content (AvgIpc) is 2.91. The minimum Gasteiger partial charge on any atom is -0.505 e. The van der Waals surface area contributed by atoms with Crippen molar-refractivity contribution < 1.29 is 42.2 Å². The number of phenols is 1. The number of thioether (sulfide) groups is 1. The monoisotopic (exact) mass is 610 g/mol. The molecule has 0 radical (unpaired) electrons. The molecule has 0 saturated carbocycles. The van der Waals surface area contributed by atoms with Gasteiger partial charge in [-0.1, -0.05) is 25.1 Å². The predicted octanol–water partition coefficient (Wildman–Crippen LogP) is 7.02. The van der Waals surface area contributed by atoms with E-state index in [9.17, 15) is 37.4 Å². The van der Waals surface area contributed by atoms with Crippen LogP contribution in [0.25, 0.3) is 10.9 Å². The zero-order chi connectivity index (χ0) is 30.5. The van der Waals surface area contributed by atoms with Gasteiger partial charge in [0, 0.05) is 33.9 Å². The number of rotatable bonds is 11. The Morgan fingerprint density at radius 2 is 1.88 bits per heavy atom. The van der Waals surface area contributed by atoms with Crippen molar-refractivity contribution in [2.24, 2.45) is 0 Å². The fourth-order valence-corrected chi connectivity index (χ4v) is 5.95. The number of fused-ring (bicyclic) bond motifs is 1. The van der Waals surface area contributed by atoms with Gasteiger partial charge in [0.25, 0.3) is 0 Å². The van der Waals surface area contributed by atoms with Gasteiger partial charge >= 0.3 is 13.8 Å². The van der Waals surface area contributed by atoms with Crippen LogP contribution in [0.3, 0.4) is 0 Å². The lowest BCUT2D eigenvalue weighted by molar-refractivity contribution is -0.137. The summed E-state index contributed by atoms with van der Waals surface area (Å²) >= 11 is 1.14. The van der Waals surface area contributed by atoms with E-state index in [1.807, 2.05) is 6.92 Å². The second-order valence-electron chi connectivity index (χ2n) is 9.15. The Morgan fingerprint density at radius 3 is 2.41 bits per heavy atom. The molecule has 1 aromatic heterocycles. The molecule has 1 atom stereocenters. The van der Waals surface area contributed by atoms with Gasteiger partial charge in [0.15, 0.2) is 12.0 Å². The maximum Gasteiger partial charge on any atom is 0.416 e. The number of aromatic hydroxyl groups is 1. The Hall–Kier alpha value is -3.15. The third-order valence-corrected chi connectivity index (χ3v) is 8.64. The van der Waals surface area contributed by atoms with Crippen molar-refractivity contribution in [2.45, 2.75) is 38.4 Å². The van der Waals surface area contributed by atoms with Crippen molar-refractivity contribution >= 4 is 36.5 Å². The number of hydrogen-bond acceptors (Lipinski definition) is 7. The zero-order valence-corrected chi connectivity index (χ0v) is 24.4. The first-order valence-corrected chi connectivity index (χ1v) is 14.8. The van der Waals surface area contributed by atoms with Crippen molar-refractivity contribution in [1.29, 1.82) is 0 Å². The van der Waals surface area contributed by atoms with Gasteiger partial charge < -0.3 is 19.6 Å². The molecule has 1 heterocycles. The Kier molecular flexibility index (Phi) is 10.4. The number of pyridine rings is 1. The van der Waals surface area contributed by atoms with E-state index in [0.717, 1.165) is 23.9 Å². The molecule has 0 amide bonds. The second kappa shape index (κ2) is 13.2. The molecule has 1 unspecified atom stereocenters. The quantitative estimate of drug-likeness (QED) is 0.0911. The van der Waals surface area contributed by atoms with Gasteiger partial charge in [-0.3, -0.25) is 19.2 Å². The smallest absolute Gasteiger partial charge is 0.416 e. The number of methoxy groups -OCH3 is 1. The van der Waals surface area contributed by atoms with Crippen LogP contribution in [0.5, 0.6) is 11.5 Å². The summed E-state index contributed by atoms with van der Waals surface area (Å²) in [6.07, 6.45) is 1.04. The summed E-state index contributed by atoms with van der Waals surface area (Å²) < 4.78 is 57.0. The minimum absolute atomic E-state index is 0.101. The summed E-state index contributed by atoms with van der Waals surface area (Å²) in [5, 5.41) is 10.5. The molecule has 0 aliphatic heterocycles. The predicted molar refractivity (Wildman–Crippen MR) is 153 cm³/mol. The van der Waals surface area contributed by atoms with Gasteiger partial charge in [0.2, 0.25) is 0 Å². The number of ether oxygens (including phenoxy) is 1. The topological polar surface area (TPSA) is 120 Å². The van der Waals surface area contributed by atoms with Crippen LogP contribution in [-0.4, -0.2) is 45.2 Å². The molecule has 2 aromatic carbocycles. The Morgan fingerprint density at radius 1 is 1.22 bits per heavy atom. The molecular formula is C28H30F3N2O6PS. The molecule has 3 N–H and O–H groups in total. The molecule has 41 heavy (non-hydrogen) atoms. The molecule has 0 aliphatic carbocycles. The number of hydrogen-bond donors (Lipinski definition) is 3. The highest BCUT2D eigenvalue weighted by Crippen LogP contribution is 2.51. The van der Waals surface area contributed by atoms with Crippen molar-refractivity contribution in [1.82, 2.24) is 9.88 Å². The standard InChI is InChI=1S/C28H30F3N2O6PS/c1-5-7-20(14-17(2)40(36,37)38)41-27(33(3)15-18-9-11-19(12-10-18)28(29,30)31)23-22(16-34)25(35)24-21(26(23)39-4)8-6-13-32-24/h6-14,16,27,35H,5,15H2,1-4H3,(H2,36,37,38)/b17-14+,20-7+. The average molecular weight is 611 g/mol. The Balaban J connectivity index is 2.23. The lowest BCUT2D eigenvalue weighted by Crippen LogP contribution is -2.24. The molecule has 0 spiro atoms. The lowest BCUT2D eigenvalue weighted by atomic mass is 10.00. The molecule has 220 valence electrons. The maximum atomic E-state index is 13.1. The molecule has 0 aliphatic rings. The van der Waals surface area contributed by atoms with Crippen LogP contribution >= 0.6 is 19.4 Å². The Labute approximate surface area is 239 Å².